The maximum Gasteiger partial charge on any atom is 0.191 e. The largest absolute Gasteiger partial charge is 0.497 e. The molecule has 3 aromatic rings. The normalized spacial score (nSPS) is 12.1. The fourth-order valence-electron chi connectivity index (χ4n) is 3.06. The third kappa shape index (κ3) is 5.14. The van der Waals surface area contributed by atoms with Crippen molar-refractivity contribution >= 4 is 11.8 Å². The zero-order valence-corrected chi connectivity index (χ0v) is 17.6. The van der Waals surface area contributed by atoms with Crippen LogP contribution >= 0.6 is 11.8 Å². The van der Waals surface area contributed by atoms with E-state index in [0.717, 1.165) is 41.9 Å². The van der Waals surface area contributed by atoms with Crippen LogP contribution in [0.5, 0.6) is 5.75 Å². The van der Waals surface area contributed by atoms with E-state index >= 15 is 0 Å². The molecule has 0 saturated heterocycles. The number of ether oxygens (including phenoxy) is 1. The Morgan fingerprint density at radius 1 is 1.11 bits per heavy atom. The molecule has 0 saturated carbocycles. The molecule has 1 unspecified atom stereocenters. The van der Waals surface area contributed by atoms with Crippen molar-refractivity contribution in [2.45, 2.75) is 50.2 Å². The van der Waals surface area contributed by atoms with Gasteiger partial charge in [-0.25, -0.2) is 0 Å². The fourth-order valence-corrected chi connectivity index (χ4v) is 3.94. The van der Waals surface area contributed by atoms with Crippen molar-refractivity contribution in [2.24, 2.45) is 5.73 Å². The van der Waals surface area contributed by atoms with Crippen molar-refractivity contribution in [3.63, 3.8) is 0 Å². The van der Waals surface area contributed by atoms with Crippen LogP contribution in [0.1, 0.15) is 48.3 Å². The van der Waals surface area contributed by atoms with Crippen molar-refractivity contribution < 1.29 is 4.74 Å². The summed E-state index contributed by atoms with van der Waals surface area (Å²) in [5, 5.41) is 9.79. The summed E-state index contributed by atoms with van der Waals surface area (Å²) >= 11 is 1.68. The van der Waals surface area contributed by atoms with Crippen LogP contribution in [0.3, 0.4) is 0 Å². The quantitative estimate of drug-likeness (QED) is 0.529. The molecule has 1 heterocycles. The molecule has 6 heteroatoms. The van der Waals surface area contributed by atoms with Crippen LogP contribution in [0.15, 0.2) is 53.7 Å². The summed E-state index contributed by atoms with van der Waals surface area (Å²) < 4.78 is 7.49. The lowest BCUT2D eigenvalue weighted by molar-refractivity contribution is 0.414. The van der Waals surface area contributed by atoms with Gasteiger partial charge in [-0.15, -0.1) is 10.2 Å². The summed E-state index contributed by atoms with van der Waals surface area (Å²) in [6, 6.07) is 16.6. The number of thioether (sulfide) groups is 1. The predicted molar refractivity (Wildman–Crippen MR) is 115 cm³/mol. The minimum atomic E-state index is -0.103. The minimum absolute atomic E-state index is 0.103. The van der Waals surface area contributed by atoms with Gasteiger partial charge in [-0.3, -0.25) is 0 Å². The van der Waals surface area contributed by atoms with Gasteiger partial charge in [0.25, 0.3) is 0 Å². The molecule has 0 fully saturated rings. The van der Waals surface area contributed by atoms with Gasteiger partial charge in [-0.2, -0.15) is 0 Å². The number of rotatable bonds is 9. The molecule has 0 aliphatic rings. The van der Waals surface area contributed by atoms with E-state index in [1.165, 1.54) is 16.7 Å². The first-order chi connectivity index (χ1) is 13.6. The van der Waals surface area contributed by atoms with Gasteiger partial charge in [-0.05, 0) is 36.6 Å². The Labute approximate surface area is 171 Å². The molecular weight excluding hydrogens is 368 g/mol. The van der Waals surface area contributed by atoms with Crippen LogP contribution in [0, 0.1) is 6.92 Å². The van der Waals surface area contributed by atoms with Gasteiger partial charge >= 0.3 is 0 Å². The van der Waals surface area contributed by atoms with E-state index in [4.69, 9.17) is 10.5 Å². The van der Waals surface area contributed by atoms with Gasteiger partial charge in [0.2, 0.25) is 0 Å². The Morgan fingerprint density at radius 3 is 2.61 bits per heavy atom. The Morgan fingerprint density at radius 2 is 1.89 bits per heavy atom. The average Bonchev–Trinajstić information content (AvgIpc) is 3.11. The number of nitrogens with two attached hydrogens (primary N) is 1. The van der Waals surface area contributed by atoms with Crippen LogP contribution in [0.2, 0.25) is 0 Å². The van der Waals surface area contributed by atoms with E-state index in [-0.39, 0.29) is 6.04 Å². The van der Waals surface area contributed by atoms with Crippen molar-refractivity contribution in [3.8, 4) is 5.75 Å². The van der Waals surface area contributed by atoms with Gasteiger partial charge in [0.05, 0.1) is 19.7 Å². The van der Waals surface area contributed by atoms with Gasteiger partial charge in [0, 0.05) is 5.75 Å². The molecule has 1 atom stereocenters. The molecule has 28 heavy (non-hydrogen) atoms. The van der Waals surface area contributed by atoms with Crippen molar-refractivity contribution in [1.82, 2.24) is 14.8 Å². The maximum absolute atomic E-state index is 6.39. The first-order valence-corrected chi connectivity index (χ1v) is 10.6. The first-order valence-electron chi connectivity index (χ1n) is 9.60. The number of aromatic nitrogens is 3. The highest BCUT2D eigenvalue weighted by Crippen LogP contribution is 2.27. The summed E-state index contributed by atoms with van der Waals surface area (Å²) in [5.41, 5.74) is 10.1. The van der Waals surface area contributed by atoms with Crippen LogP contribution in [0.4, 0.5) is 0 Å². The van der Waals surface area contributed by atoms with E-state index in [9.17, 15) is 0 Å². The fraction of sp³-hybridized carbons (Fsp3) is 0.364. The molecule has 0 spiro atoms. The van der Waals surface area contributed by atoms with Gasteiger partial charge in [0.1, 0.15) is 5.75 Å². The molecule has 0 bridgehead atoms. The van der Waals surface area contributed by atoms with E-state index in [1.807, 2.05) is 12.1 Å². The molecule has 1 aromatic heterocycles. The molecular formula is C22H28N4OS. The molecule has 0 aliphatic heterocycles. The second-order valence-corrected chi connectivity index (χ2v) is 7.89. The Balaban J connectivity index is 1.83. The Kier molecular flexibility index (Phi) is 7.12. The van der Waals surface area contributed by atoms with Crippen molar-refractivity contribution in [2.75, 3.05) is 7.11 Å². The van der Waals surface area contributed by atoms with E-state index < -0.39 is 0 Å². The average molecular weight is 397 g/mol. The van der Waals surface area contributed by atoms with Crippen LogP contribution in [-0.2, 0) is 12.3 Å². The highest BCUT2D eigenvalue weighted by Gasteiger charge is 2.18. The lowest BCUT2D eigenvalue weighted by Crippen LogP contribution is -2.17. The van der Waals surface area contributed by atoms with Crippen molar-refractivity contribution in [1.29, 1.82) is 0 Å². The SMILES string of the molecule is CCCC(N)c1nnc(SCc2cccc(OC)c2)n1Cc1ccc(C)cc1. The number of nitrogens with zero attached hydrogens (tertiary/aromatic N) is 3. The van der Waals surface area contributed by atoms with Crippen LogP contribution < -0.4 is 10.5 Å². The van der Waals surface area contributed by atoms with Crippen LogP contribution in [-0.4, -0.2) is 21.9 Å². The molecule has 3 rings (SSSR count). The first kappa shape index (κ1) is 20.4. The smallest absolute Gasteiger partial charge is 0.191 e. The lowest BCUT2D eigenvalue weighted by Gasteiger charge is -2.14. The number of hydrogen-bond acceptors (Lipinski definition) is 5. The molecule has 2 N–H and O–H groups in total. The second kappa shape index (κ2) is 9.75. The highest BCUT2D eigenvalue weighted by atomic mass is 32.2. The summed E-state index contributed by atoms with van der Waals surface area (Å²) in [6.07, 6.45) is 1.91. The maximum atomic E-state index is 6.39. The van der Waals surface area contributed by atoms with Gasteiger partial charge in [0.15, 0.2) is 11.0 Å². The second-order valence-electron chi connectivity index (χ2n) is 6.95. The summed E-state index contributed by atoms with van der Waals surface area (Å²) in [4.78, 5) is 0. The number of methoxy groups -OCH3 is 1. The monoisotopic (exact) mass is 396 g/mol. The molecule has 0 aliphatic carbocycles. The Hall–Kier alpha value is -2.31. The highest BCUT2D eigenvalue weighted by molar-refractivity contribution is 7.98. The topological polar surface area (TPSA) is 66.0 Å². The minimum Gasteiger partial charge on any atom is -0.497 e. The Bertz CT molecular complexity index is 892. The zero-order chi connectivity index (χ0) is 19.9. The van der Waals surface area contributed by atoms with Gasteiger partial charge in [-0.1, -0.05) is 67.1 Å². The zero-order valence-electron chi connectivity index (χ0n) is 16.8. The lowest BCUT2D eigenvalue weighted by atomic mass is 10.1. The number of aryl methyl sites for hydroxylation is 1. The standard InChI is InChI=1S/C22H28N4OS/c1-4-6-20(23)21-24-25-22(26(21)14-17-11-9-16(2)10-12-17)28-15-18-7-5-8-19(13-18)27-3/h5,7-13,20H,4,6,14-15,23H2,1-3H3. The molecule has 0 radical (unpaired) electrons. The van der Waals surface area contributed by atoms with Gasteiger partial charge < -0.3 is 15.0 Å². The van der Waals surface area contributed by atoms with Crippen LogP contribution in [0.25, 0.3) is 0 Å². The molecule has 0 amide bonds. The number of hydrogen-bond donors (Lipinski definition) is 1. The third-order valence-corrected chi connectivity index (χ3v) is 5.68. The molecule has 2 aromatic carbocycles. The number of benzene rings is 2. The predicted octanol–water partition coefficient (Wildman–Crippen LogP) is 4.74. The van der Waals surface area contributed by atoms with E-state index in [2.05, 4.69) is 65.0 Å². The summed E-state index contributed by atoms with van der Waals surface area (Å²) in [5.74, 6) is 2.52. The molecule has 5 nitrogen and oxygen atoms in total. The summed E-state index contributed by atoms with van der Waals surface area (Å²) in [6.45, 7) is 4.96. The molecule has 148 valence electrons. The summed E-state index contributed by atoms with van der Waals surface area (Å²) in [7, 11) is 1.69. The van der Waals surface area contributed by atoms with E-state index in [1.54, 1.807) is 18.9 Å². The van der Waals surface area contributed by atoms with Crippen molar-refractivity contribution in [3.05, 3.63) is 71.0 Å². The third-order valence-electron chi connectivity index (χ3n) is 4.64. The van der Waals surface area contributed by atoms with E-state index in [0.29, 0.717) is 0 Å².